The molecule has 1 aliphatic heterocycles. The molecule has 1 aromatic rings. The van der Waals surface area contributed by atoms with Gasteiger partial charge in [-0.05, 0) is 12.1 Å². The van der Waals surface area contributed by atoms with E-state index in [9.17, 15) is 25.0 Å². The summed E-state index contributed by atoms with van der Waals surface area (Å²) in [5, 5.41) is 23.3. The number of benzene rings is 1. The largest absolute Gasteiger partial charge is 0.365 e. The number of carbonyl (C=O) groups excluding carboxylic acids is 1. The van der Waals surface area contributed by atoms with Gasteiger partial charge in [0, 0.05) is 37.8 Å². The summed E-state index contributed by atoms with van der Waals surface area (Å²) in [5.74, 6) is -0.617. The zero-order valence-corrected chi connectivity index (χ0v) is 13.0. The summed E-state index contributed by atoms with van der Waals surface area (Å²) < 4.78 is 0. The van der Waals surface area contributed by atoms with Gasteiger partial charge in [-0.2, -0.15) is 0 Å². The van der Waals surface area contributed by atoms with Gasteiger partial charge in [0.05, 0.1) is 4.92 Å². The summed E-state index contributed by atoms with van der Waals surface area (Å²) in [6, 6.07) is 3.83. The van der Waals surface area contributed by atoms with Gasteiger partial charge in [-0.15, -0.1) is 0 Å². The zero-order valence-electron chi connectivity index (χ0n) is 12.3. The molecule has 0 unspecified atom stereocenters. The lowest BCUT2D eigenvalue weighted by Gasteiger charge is -2.34. The maximum atomic E-state index is 12.4. The molecular formula is C12H13ClN6O5. The highest BCUT2D eigenvalue weighted by Gasteiger charge is 2.25. The standard InChI is InChI=1S/C12H13ClN6O5/c13-9-2-1-8(7-10(9)18(21)22)11(20)16-3-5-17(6-4-16)12(14)15-19(23)24/h1-2,7H,3-6H2,(H2,14,15). The number of guanidine groups is 1. The van der Waals surface area contributed by atoms with Gasteiger partial charge in [0.15, 0.2) is 5.03 Å². The molecule has 0 bridgehead atoms. The van der Waals surface area contributed by atoms with Gasteiger partial charge in [0.2, 0.25) is 0 Å². The Morgan fingerprint density at radius 3 is 2.29 bits per heavy atom. The Kier molecular flexibility index (Phi) is 5.14. The molecule has 0 aliphatic carbocycles. The molecular weight excluding hydrogens is 344 g/mol. The van der Waals surface area contributed by atoms with Gasteiger partial charge in [0.25, 0.3) is 17.6 Å². The van der Waals surface area contributed by atoms with Crippen molar-refractivity contribution in [1.29, 1.82) is 0 Å². The van der Waals surface area contributed by atoms with E-state index in [2.05, 4.69) is 5.10 Å². The fourth-order valence-electron chi connectivity index (χ4n) is 2.25. The number of hydrogen-bond acceptors (Lipinski definition) is 5. The molecule has 12 heteroatoms. The van der Waals surface area contributed by atoms with E-state index in [4.69, 9.17) is 17.3 Å². The van der Waals surface area contributed by atoms with E-state index < -0.39 is 9.96 Å². The molecule has 0 spiro atoms. The molecule has 24 heavy (non-hydrogen) atoms. The van der Waals surface area contributed by atoms with Crippen molar-refractivity contribution in [2.24, 2.45) is 10.8 Å². The predicted octanol–water partition coefficient (Wildman–Crippen LogP) is 0.512. The molecule has 0 atom stereocenters. The SMILES string of the molecule is N/C(=N/[N+](=O)[O-])N1CCN(C(=O)c2ccc(Cl)c([N+](=O)[O-])c2)CC1. The smallest absolute Gasteiger partial charge is 0.288 e. The van der Waals surface area contributed by atoms with Crippen molar-refractivity contribution >= 4 is 29.2 Å². The molecule has 1 aliphatic rings. The first kappa shape index (κ1) is 17.4. The Morgan fingerprint density at radius 2 is 1.75 bits per heavy atom. The van der Waals surface area contributed by atoms with E-state index in [1.807, 2.05) is 0 Å². The van der Waals surface area contributed by atoms with Gasteiger partial charge < -0.3 is 15.5 Å². The van der Waals surface area contributed by atoms with E-state index in [0.717, 1.165) is 6.07 Å². The quantitative estimate of drug-likeness (QED) is 0.359. The highest BCUT2D eigenvalue weighted by atomic mass is 35.5. The molecule has 128 valence electrons. The zero-order chi connectivity index (χ0) is 17.9. The molecule has 2 rings (SSSR count). The number of nitrogens with two attached hydrogens (primary N) is 1. The second-order valence-electron chi connectivity index (χ2n) is 4.90. The number of amides is 1. The highest BCUT2D eigenvalue weighted by Crippen LogP contribution is 2.25. The summed E-state index contributed by atoms with van der Waals surface area (Å²) in [7, 11) is 0. The first-order valence-electron chi connectivity index (χ1n) is 6.76. The van der Waals surface area contributed by atoms with Crippen LogP contribution >= 0.6 is 11.6 Å². The van der Waals surface area contributed by atoms with E-state index in [1.165, 1.54) is 21.9 Å². The third kappa shape index (κ3) is 3.87. The lowest BCUT2D eigenvalue weighted by atomic mass is 10.1. The van der Waals surface area contributed by atoms with Crippen molar-refractivity contribution in [2.45, 2.75) is 0 Å². The maximum Gasteiger partial charge on any atom is 0.288 e. The molecule has 0 radical (unpaired) electrons. The van der Waals surface area contributed by atoms with Crippen LogP contribution in [0.2, 0.25) is 5.02 Å². The topological polar surface area (TPSA) is 148 Å². The van der Waals surface area contributed by atoms with Crippen LogP contribution in [-0.2, 0) is 0 Å². The van der Waals surface area contributed by atoms with Crippen molar-refractivity contribution < 1.29 is 14.8 Å². The number of hydrogen-bond donors (Lipinski definition) is 1. The first-order valence-corrected chi connectivity index (χ1v) is 7.14. The van der Waals surface area contributed by atoms with Crippen LogP contribution in [-0.4, -0.2) is 57.8 Å². The van der Waals surface area contributed by atoms with Crippen LogP contribution in [0.25, 0.3) is 0 Å². The second-order valence-corrected chi connectivity index (χ2v) is 5.31. The monoisotopic (exact) mass is 356 g/mol. The van der Waals surface area contributed by atoms with Gasteiger partial charge in [-0.3, -0.25) is 14.9 Å². The maximum absolute atomic E-state index is 12.4. The number of rotatable bonds is 3. The summed E-state index contributed by atoms with van der Waals surface area (Å²) >= 11 is 5.72. The molecule has 1 fully saturated rings. The van der Waals surface area contributed by atoms with Gasteiger partial charge in [-0.25, -0.2) is 10.1 Å². The van der Waals surface area contributed by atoms with Crippen molar-refractivity contribution in [1.82, 2.24) is 9.80 Å². The van der Waals surface area contributed by atoms with Crippen LogP contribution in [0.15, 0.2) is 23.3 Å². The third-order valence-corrected chi connectivity index (χ3v) is 3.78. The Morgan fingerprint density at radius 1 is 1.17 bits per heavy atom. The Hall–Kier alpha value is -2.95. The molecule has 0 aromatic heterocycles. The minimum absolute atomic E-state index is 0.0508. The molecule has 1 amide bonds. The number of hydrazone groups is 1. The van der Waals surface area contributed by atoms with Crippen molar-refractivity contribution in [3.05, 3.63) is 49.0 Å². The number of nitro groups is 2. The van der Waals surface area contributed by atoms with Crippen molar-refractivity contribution in [2.75, 3.05) is 26.2 Å². The number of nitrogens with zero attached hydrogens (tertiary/aromatic N) is 5. The Bertz CT molecular complexity index is 716. The minimum atomic E-state index is -0.889. The fourth-order valence-corrected chi connectivity index (χ4v) is 2.44. The van der Waals surface area contributed by atoms with Crippen LogP contribution in [0.5, 0.6) is 0 Å². The van der Waals surface area contributed by atoms with Crippen molar-refractivity contribution in [3.63, 3.8) is 0 Å². The normalized spacial score (nSPS) is 15.3. The molecule has 2 N–H and O–H groups in total. The average molecular weight is 357 g/mol. The Balaban J connectivity index is 2.07. The molecule has 1 heterocycles. The van der Waals surface area contributed by atoms with E-state index in [1.54, 1.807) is 0 Å². The second kappa shape index (κ2) is 7.08. The predicted molar refractivity (Wildman–Crippen MR) is 84.2 cm³/mol. The van der Waals surface area contributed by atoms with Gasteiger partial charge in [-0.1, -0.05) is 11.6 Å². The molecule has 0 saturated carbocycles. The Labute approximate surface area is 140 Å². The van der Waals surface area contributed by atoms with E-state index in [0.29, 0.717) is 0 Å². The summed E-state index contributed by atoms with van der Waals surface area (Å²) in [6.45, 7) is 1.04. The van der Waals surface area contributed by atoms with E-state index >= 15 is 0 Å². The van der Waals surface area contributed by atoms with Crippen LogP contribution < -0.4 is 5.73 Å². The third-order valence-electron chi connectivity index (χ3n) is 3.46. The lowest BCUT2D eigenvalue weighted by molar-refractivity contribution is -0.485. The number of carbonyl (C=O) groups is 1. The minimum Gasteiger partial charge on any atom is -0.365 e. The number of halogens is 1. The van der Waals surface area contributed by atoms with Crippen LogP contribution in [0.1, 0.15) is 10.4 Å². The van der Waals surface area contributed by atoms with Gasteiger partial charge >= 0.3 is 0 Å². The average Bonchev–Trinajstić information content (AvgIpc) is 2.54. The molecule has 1 saturated heterocycles. The van der Waals surface area contributed by atoms with E-state index in [-0.39, 0.29) is 54.3 Å². The van der Waals surface area contributed by atoms with Crippen LogP contribution in [0.3, 0.4) is 0 Å². The molecule has 1 aromatic carbocycles. The fraction of sp³-hybridized carbons (Fsp3) is 0.333. The summed E-state index contributed by atoms with van der Waals surface area (Å²) in [5.41, 5.74) is 5.29. The van der Waals surface area contributed by atoms with Crippen molar-refractivity contribution in [3.8, 4) is 0 Å². The number of nitro benzene ring substituents is 1. The van der Waals surface area contributed by atoms with Crippen LogP contribution in [0, 0.1) is 20.2 Å². The summed E-state index contributed by atoms with van der Waals surface area (Å²) in [6.07, 6.45) is 0. The van der Waals surface area contributed by atoms with Crippen LogP contribution in [0.4, 0.5) is 5.69 Å². The lowest BCUT2D eigenvalue weighted by Crippen LogP contribution is -2.52. The molecule has 11 nitrogen and oxygen atoms in total. The first-order chi connectivity index (χ1) is 11.3. The number of piperazine rings is 1. The summed E-state index contributed by atoms with van der Waals surface area (Å²) in [4.78, 5) is 35.9. The highest BCUT2D eigenvalue weighted by molar-refractivity contribution is 6.32. The van der Waals surface area contributed by atoms with Gasteiger partial charge in [0.1, 0.15) is 10.1 Å².